The monoisotopic (exact) mass is 369 g/mol. The number of methoxy groups -OCH3 is 1. The van der Waals surface area contributed by atoms with Gasteiger partial charge in [-0.15, -0.1) is 0 Å². The van der Waals surface area contributed by atoms with Crippen LogP contribution < -0.4 is 0 Å². The molecule has 0 fully saturated rings. The second kappa shape index (κ2) is 7.53. The van der Waals surface area contributed by atoms with Crippen LogP contribution in [0.4, 0.5) is 0 Å². The summed E-state index contributed by atoms with van der Waals surface area (Å²) in [7, 11) is 1.36. The van der Waals surface area contributed by atoms with Crippen molar-refractivity contribution in [2.75, 3.05) is 7.11 Å². The summed E-state index contributed by atoms with van der Waals surface area (Å²) in [5.74, 6) is 0.195. The van der Waals surface area contributed by atoms with Gasteiger partial charge in [0.15, 0.2) is 5.58 Å². The van der Waals surface area contributed by atoms with Crippen molar-refractivity contribution in [1.29, 1.82) is 0 Å². The maximum atomic E-state index is 11.5. The van der Waals surface area contributed by atoms with Gasteiger partial charge in [-0.3, -0.25) is 0 Å². The van der Waals surface area contributed by atoms with Crippen molar-refractivity contribution < 1.29 is 13.9 Å². The Morgan fingerprint density at radius 1 is 1.00 bits per heavy atom. The first-order chi connectivity index (χ1) is 13.7. The van der Waals surface area contributed by atoms with Gasteiger partial charge in [-0.2, -0.15) is 0 Å². The topological polar surface area (TPSA) is 52.3 Å². The molecule has 1 heterocycles. The fourth-order valence-corrected chi connectivity index (χ4v) is 3.19. The number of hydrogen-bond acceptors (Lipinski definition) is 4. The summed E-state index contributed by atoms with van der Waals surface area (Å²) in [5.41, 5.74) is 6.35. The molecule has 0 spiro atoms. The number of carbonyl (C=O) groups is 1. The van der Waals surface area contributed by atoms with E-state index in [4.69, 9.17) is 9.15 Å². The summed E-state index contributed by atoms with van der Waals surface area (Å²) in [6, 6.07) is 21.8. The van der Waals surface area contributed by atoms with Crippen LogP contribution in [-0.4, -0.2) is 18.1 Å². The third kappa shape index (κ3) is 3.45. The highest BCUT2D eigenvalue weighted by Crippen LogP contribution is 2.35. The van der Waals surface area contributed by atoms with Crippen LogP contribution in [0.2, 0.25) is 0 Å². The summed E-state index contributed by atoms with van der Waals surface area (Å²) in [6.45, 7) is 2.03. The standard InChI is InChI=1S/C24H19NO3/c1-16-14-20(19-11-7-6-8-17(19)12-13-22(26)27-2)23-21(15-16)25-24(28-23)18-9-4-3-5-10-18/h3-15H,1-2H3/b13-12+. The molecule has 4 heteroatoms. The van der Waals surface area contributed by atoms with E-state index in [1.807, 2.05) is 67.6 Å². The Morgan fingerprint density at radius 2 is 1.75 bits per heavy atom. The molecular formula is C24H19NO3. The fraction of sp³-hybridized carbons (Fsp3) is 0.0833. The van der Waals surface area contributed by atoms with Crippen LogP contribution in [0.15, 0.2) is 77.2 Å². The molecule has 0 amide bonds. The van der Waals surface area contributed by atoms with Gasteiger partial charge in [-0.05, 0) is 54.0 Å². The third-order valence-corrected chi connectivity index (χ3v) is 4.51. The van der Waals surface area contributed by atoms with Gasteiger partial charge in [0.25, 0.3) is 0 Å². The Labute approximate surface area is 163 Å². The number of ether oxygens (including phenoxy) is 1. The average Bonchev–Trinajstić information content (AvgIpc) is 3.16. The second-order valence-electron chi connectivity index (χ2n) is 6.49. The Bertz CT molecular complexity index is 1170. The Hall–Kier alpha value is -3.66. The highest BCUT2D eigenvalue weighted by Gasteiger charge is 2.15. The number of carbonyl (C=O) groups excluding carboxylic acids is 1. The van der Waals surface area contributed by atoms with Crippen molar-refractivity contribution in [3.8, 4) is 22.6 Å². The van der Waals surface area contributed by atoms with Gasteiger partial charge in [0.05, 0.1) is 7.11 Å². The lowest BCUT2D eigenvalue weighted by Crippen LogP contribution is -1.93. The zero-order valence-electron chi connectivity index (χ0n) is 15.7. The molecule has 0 atom stereocenters. The smallest absolute Gasteiger partial charge is 0.330 e. The Balaban J connectivity index is 1.89. The van der Waals surface area contributed by atoms with Gasteiger partial charge in [-0.1, -0.05) is 42.5 Å². The van der Waals surface area contributed by atoms with E-state index >= 15 is 0 Å². The fourth-order valence-electron chi connectivity index (χ4n) is 3.19. The van der Waals surface area contributed by atoms with Crippen LogP contribution in [0, 0.1) is 6.92 Å². The Morgan fingerprint density at radius 3 is 2.54 bits per heavy atom. The number of hydrogen-bond donors (Lipinski definition) is 0. The first-order valence-corrected chi connectivity index (χ1v) is 8.98. The van der Waals surface area contributed by atoms with Crippen LogP contribution >= 0.6 is 0 Å². The van der Waals surface area contributed by atoms with Crippen LogP contribution in [0.5, 0.6) is 0 Å². The highest BCUT2D eigenvalue weighted by atomic mass is 16.5. The molecule has 1 aromatic heterocycles. The van der Waals surface area contributed by atoms with E-state index in [2.05, 4.69) is 11.1 Å². The molecular weight excluding hydrogens is 350 g/mol. The molecule has 0 aliphatic rings. The quantitative estimate of drug-likeness (QED) is 0.344. The predicted octanol–water partition coefficient (Wildman–Crippen LogP) is 5.66. The molecule has 0 saturated carbocycles. The van der Waals surface area contributed by atoms with Crippen molar-refractivity contribution in [3.05, 3.63) is 83.9 Å². The van der Waals surface area contributed by atoms with E-state index in [-0.39, 0.29) is 0 Å². The van der Waals surface area contributed by atoms with E-state index in [1.165, 1.54) is 13.2 Å². The maximum absolute atomic E-state index is 11.5. The normalized spacial score (nSPS) is 11.2. The van der Waals surface area contributed by atoms with Gasteiger partial charge in [0, 0.05) is 17.2 Å². The SMILES string of the molecule is COC(=O)/C=C/c1ccccc1-c1cc(C)cc2nc(-c3ccccc3)oc12. The van der Waals surface area contributed by atoms with Crippen LogP contribution in [0.25, 0.3) is 39.8 Å². The van der Waals surface area contributed by atoms with Crippen molar-refractivity contribution in [2.45, 2.75) is 6.92 Å². The van der Waals surface area contributed by atoms with Gasteiger partial charge in [0.1, 0.15) is 5.52 Å². The third-order valence-electron chi connectivity index (χ3n) is 4.51. The van der Waals surface area contributed by atoms with Gasteiger partial charge >= 0.3 is 5.97 Å². The molecule has 138 valence electrons. The molecule has 4 rings (SSSR count). The molecule has 0 bridgehead atoms. The lowest BCUT2D eigenvalue weighted by atomic mass is 9.97. The second-order valence-corrected chi connectivity index (χ2v) is 6.49. The van der Waals surface area contributed by atoms with Crippen LogP contribution in [0.1, 0.15) is 11.1 Å². The number of rotatable bonds is 4. The summed E-state index contributed by atoms with van der Waals surface area (Å²) in [4.78, 5) is 16.2. The number of nitrogens with zero attached hydrogens (tertiary/aromatic N) is 1. The van der Waals surface area contributed by atoms with Crippen molar-refractivity contribution in [2.24, 2.45) is 0 Å². The summed E-state index contributed by atoms with van der Waals surface area (Å²) in [5, 5.41) is 0. The summed E-state index contributed by atoms with van der Waals surface area (Å²) >= 11 is 0. The van der Waals surface area contributed by atoms with Crippen molar-refractivity contribution >= 4 is 23.1 Å². The summed E-state index contributed by atoms with van der Waals surface area (Å²) in [6.07, 6.45) is 3.17. The molecule has 28 heavy (non-hydrogen) atoms. The minimum Gasteiger partial charge on any atom is -0.466 e. The highest BCUT2D eigenvalue weighted by molar-refractivity contribution is 5.96. The van der Waals surface area contributed by atoms with E-state index in [9.17, 15) is 4.79 Å². The van der Waals surface area contributed by atoms with Gasteiger partial charge in [-0.25, -0.2) is 9.78 Å². The number of aryl methyl sites for hydroxylation is 1. The van der Waals surface area contributed by atoms with E-state index in [0.717, 1.165) is 38.9 Å². The van der Waals surface area contributed by atoms with E-state index in [1.54, 1.807) is 6.08 Å². The molecule has 0 radical (unpaired) electrons. The van der Waals surface area contributed by atoms with E-state index in [0.29, 0.717) is 5.89 Å². The molecule has 0 aliphatic heterocycles. The van der Waals surface area contributed by atoms with Crippen molar-refractivity contribution in [1.82, 2.24) is 4.98 Å². The number of fused-ring (bicyclic) bond motifs is 1. The molecule has 0 aliphatic carbocycles. The van der Waals surface area contributed by atoms with Gasteiger partial charge in [0.2, 0.25) is 5.89 Å². The number of aromatic nitrogens is 1. The number of esters is 1. The zero-order chi connectivity index (χ0) is 19.5. The largest absolute Gasteiger partial charge is 0.466 e. The molecule has 0 unspecified atom stereocenters. The Kier molecular flexibility index (Phi) is 4.77. The predicted molar refractivity (Wildman–Crippen MR) is 111 cm³/mol. The first kappa shape index (κ1) is 17.7. The molecule has 0 saturated heterocycles. The molecule has 4 aromatic rings. The molecule has 0 N–H and O–H groups in total. The molecule has 4 nitrogen and oxygen atoms in total. The minimum absolute atomic E-state index is 0.393. The number of oxazole rings is 1. The molecule has 3 aromatic carbocycles. The average molecular weight is 369 g/mol. The maximum Gasteiger partial charge on any atom is 0.330 e. The minimum atomic E-state index is -0.393. The van der Waals surface area contributed by atoms with Crippen LogP contribution in [-0.2, 0) is 9.53 Å². The lowest BCUT2D eigenvalue weighted by Gasteiger charge is -2.08. The lowest BCUT2D eigenvalue weighted by molar-refractivity contribution is -0.134. The summed E-state index contributed by atoms with van der Waals surface area (Å²) < 4.78 is 10.9. The van der Waals surface area contributed by atoms with Crippen molar-refractivity contribution in [3.63, 3.8) is 0 Å². The van der Waals surface area contributed by atoms with Gasteiger partial charge < -0.3 is 9.15 Å². The number of benzene rings is 3. The zero-order valence-corrected chi connectivity index (χ0v) is 15.7. The van der Waals surface area contributed by atoms with Crippen LogP contribution in [0.3, 0.4) is 0 Å². The van der Waals surface area contributed by atoms with E-state index < -0.39 is 5.97 Å². The first-order valence-electron chi connectivity index (χ1n) is 8.98.